The van der Waals surface area contributed by atoms with Gasteiger partial charge in [0, 0.05) is 24.6 Å². The topological polar surface area (TPSA) is 108 Å². The minimum absolute atomic E-state index is 0.0284. The molecular formula is C23H27F2N5O3S. The van der Waals surface area contributed by atoms with Gasteiger partial charge >= 0.3 is 0 Å². The summed E-state index contributed by atoms with van der Waals surface area (Å²) in [6, 6.07) is 6.77. The molecule has 1 aromatic carbocycles. The lowest BCUT2D eigenvalue weighted by molar-refractivity contribution is -0.00177. The molecule has 4 N–H and O–H groups in total. The first kappa shape index (κ1) is 24.2. The Morgan fingerprint density at radius 2 is 2.18 bits per heavy atom. The van der Waals surface area contributed by atoms with E-state index in [0.29, 0.717) is 24.5 Å². The largest absolute Gasteiger partial charge is 0.387 e. The zero-order valence-corrected chi connectivity index (χ0v) is 19.7. The van der Waals surface area contributed by atoms with E-state index in [4.69, 9.17) is 4.74 Å². The number of alkyl halides is 2. The van der Waals surface area contributed by atoms with Crippen molar-refractivity contribution < 1.29 is 23.4 Å². The summed E-state index contributed by atoms with van der Waals surface area (Å²) >= 11 is 1.52. The number of fused-ring (bicyclic) bond motifs is 1. The maximum absolute atomic E-state index is 14.4. The molecule has 182 valence electrons. The Hall–Kier alpha value is -2.89. The normalized spacial score (nSPS) is 19.6. The number of halogens is 2. The van der Waals surface area contributed by atoms with Gasteiger partial charge in [-0.05, 0) is 38.5 Å². The van der Waals surface area contributed by atoms with Crippen molar-refractivity contribution in [2.75, 3.05) is 30.4 Å². The van der Waals surface area contributed by atoms with Crippen LogP contribution in [0.25, 0.3) is 10.2 Å². The predicted octanol–water partition coefficient (Wildman–Crippen LogP) is 3.81. The number of rotatable bonds is 8. The van der Waals surface area contributed by atoms with Gasteiger partial charge in [-0.2, -0.15) is 0 Å². The number of aromatic nitrogens is 2. The van der Waals surface area contributed by atoms with E-state index in [1.165, 1.54) is 31.4 Å². The van der Waals surface area contributed by atoms with E-state index in [0.717, 1.165) is 15.9 Å². The number of aliphatic hydroxyl groups is 1. The van der Waals surface area contributed by atoms with Crippen molar-refractivity contribution in [1.29, 1.82) is 0 Å². The van der Waals surface area contributed by atoms with Gasteiger partial charge in [0.05, 0.1) is 51.8 Å². The molecule has 3 atom stereocenters. The summed E-state index contributed by atoms with van der Waals surface area (Å²) in [7, 11) is 0. The van der Waals surface area contributed by atoms with Gasteiger partial charge in [0.1, 0.15) is 18.2 Å². The van der Waals surface area contributed by atoms with E-state index in [2.05, 4.69) is 25.9 Å². The molecule has 1 amide bonds. The number of nitrogens with zero attached hydrogens (tertiary/aromatic N) is 2. The number of thiazole rings is 1. The van der Waals surface area contributed by atoms with Gasteiger partial charge < -0.3 is 25.8 Å². The second kappa shape index (κ2) is 10.2. The standard InChI is InChI=1S/C23H27F2N5O3S/c1-23(2,32)20(25)10-27-22(31)14-9-26-21(8-18(14)30-16-5-6-33-11-15(16)24)29-13-3-4-17-19(7-13)34-12-28-17/h3-4,7-9,12,15-16,20,32H,5-6,10-11H2,1-2H3,(H,27,31)(H2,26,29,30). The van der Waals surface area contributed by atoms with E-state index in [1.54, 1.807) is 11.6 Å². The molecule has 4 rings (SSSR count). The lowest BCUT2D eigenvalue weighted by Crippen LogP contribution is -2.42. The smallest absolute Gasteiger partial charge is 0.255 e. The summed E-state index contributed by atoms with van der Waals surface area (Å²) in [5.74, 6) is -0.132. The number of carbonyl (C=O) groups is 1. The van der Waals surface area contributed by atoms with E-state index in [1.807, 2.05) is 18.2 Å². The van der Waals surface area contributed by atoms with Crippen LogP contribution in [0.15, 0.2) is 36.0 Å². The molecule has 0 aliphatic carbocycles. The van der Waals surface area contributed by atoms with Gasteiger partial charge in [-0.15, -0.1) is 11.3 Å². The monoisotopic (exact) mass is 491 g/mol. The molecule has 1 fully saturated rings. The highest BCUT2D eigenvalue weighted by atomic mass is 32.1. The average Bonchev–Trinajstić information content (AvgIpc) is 3.26. The Kier molecular flexibility index (Phi) is 7.24. The number of hydrogen-bond donors (Lipinski definition) is 4. The van der Waals surface area contributed by atoms with Crippen molar-refractivity contribution in [1.82, 2.24) is 15.3 Å². The van der Waals surface area contributed by atoms with Crippen molar-refractivity contribution in [3.8, 4) is 0 Å². The summed E-state index contributed by atoms with van der Waals surface area (Å²) in [5.41, 5.74) is 2.36. The third-order valence-electron chi connectivity index (χ3n) is 5.59. The molecule has 3 aromatic rings. The van der Waals surface area contributed by atoms with E-state index in [9.17, 15) is 18.7 Å². The average molecular weight is 492 g/mol. The van der Waals surface area contributed by atoms with Gasteiger partial charge in [-0.1, -0.05) is 0 Å². The predicted molar refractivity (Wildman–Crippen MR) is 128 cm³/mol. The van der Waals surface area contributed by atoms with Crippen LogP contribution >= 0.6 is 11.3 Å². The van der Waals surface area contributed by atoms with Gasteiger partial charge in [0.25, 0.3) is 5.91 Å². The number of benzene rings is 1. The number of carbonyl (C=O) groups excluding carboxylic acids is 1. The summed E-state index contributed by atoms with van der Waals surface area (Å²) in [4.78, 5) is 21.4. The van der Waals surface area contributed by atoms with Crippen molar-refractivity contribution in [3.05, 3.63) is 41.5 Å². The molecule has 1 aliphatic rings. The maximum atomic E-state index is 14.4. The van der Waals surface area contributed by atoms with Crippen LogP contribution in [0.5, 0.6) is 0 Å². The molecule has 1 saturated heterocycles. The van der Waals surface area contributed by atoms with Crippen LogP contribution in [0.2, 0.25) is 0 Å². The van der Waals surface area contributed by atoms with Crippen LogP contribution in [0.4, 0.5) is 26.0 Å². The molecule has 11 heteroatoms. The highest BCUT2D eigenvalue weighted by Crippen LogP contribution is 2.27. The van der Waals surface area contributed by atoms with E-state index in [-0.39, 0.29) is 18.7 Å². The second-order valence-corrected chi connectivity index (χ2v) is 9.62. The minimum Gasteiger partial charge on any atom is -0.387 e. The van der Waals surface area contributed by atoms with Crippen LogP contribution in [0.1, 0.15) is 30.6 Å². The Morgan fingerprint density at radius 1 is 1.35 bits per heavy atom. The van der Waals surface area contributed by atoms with Crippen LogP contribution in [0, 0.1) is 0 Å². The van der Waals surface area contributed by atoms with Crippen LogP contribution in [0.3, 0.4) is 0 Å². The van der Waals surface area contributed by atoms with Crippen LogP contribution in [-0.4, -0.2) is 64.7 Å². The summed E-state index contributed by atoms with van der Waals surface area (Å²) in [5, 5.41) is 18.6. The SMILES string of the molecule is CC(C)(O)C(F)CNC(=O)c1cnc(Nc2ccc3ncsc3c2)cc1NC1CCOCC1F. The Balaban J connectivity index is 1.57. The van der Waals surface area contributed by atoms with Crippen LogP contribution < -0.4 is 16.0 Å². The first-order chi connectivity index (χ1) is 16.2. The fraction of sp³-hybridized carbons (Fsp3) is 0.435. The van der Waals surface area contributed by atoms with Crippen molar-refractivity contribution in [2.45, 2.75) is 44.3 Å². The molecule has 3 unspecified atom stereocenters. The molecule has 3 heterocycles. The first-order valence-electron chi connectivity index (χ1n) is 10.9. The number of hydrogen-bond acceptors (Lipinski definition) is 8. The molecule has 0 spiro atoms. The number of pyridine rings is 1. The first-order valence-corrected chi connectivity index (χ1v) is 11.8. The summed E-state index contributed by atoms with van der Waals surface area (Å²) < 4.78 is 34.7. The summed E-state index contributed by atoms with van der Waals surface area (Å²) in [6.45, 7) is 2.66. The summed E-state index contributed by atoms with van der Waals surface area (Å²) in [6.07, 6.45) is -1.11. The zero-order chi connectivity index (χ0) is 24.3. The molecular weight excluding hydrogens is 464 g/mol. The number of amides is 1. The number of ether oxygens (including phenoxy) is 1. The number of nitrogens with one attached hydrogen (secondary N) is 3. The van der Waals surface area contributed by atoms with Gasteiger partial charge in [0.15, 0.2) is 0 Å². The highest BCUT2D eigenvalue weighted by molar-refractivity contribution is 7.16. The molecule has 0 radical (unpaired) electrons. The zero-order valence-electron chi connectivity index (χ0n) is 18.8. The van der Waals surface area contributed by atoms with E-state index >= 15 is 0 Å². The molecule has 34 heavy (non-hydrogen) atoms. The third kappa shape index (κ3) is 5.78. The number of anilines is 3. The lowest BCUT2D eigenvalue weighted by Gasteiger charge is -2.28. The second-order valence-electron chi connectivity index (χ2n) is 8.74. The highest BCUT2D eigenvalue weighted by Gasteiger charge is 2.29. The maximum Gasteiger partial charge on any atom is 0.255 e. The van der Waals surface area contributed by atoms with Gasteiger partial charge in [-0.25, -0.2) is 18.7 Å². The molecule has 8 nitrogen and oxygen atoms in total. The molecule has 0 bridgehead atoms. The minimum atomic E-state index is -1.66. The van der Waals surface area contributed by atoms with Crippen molar-refractivity contribution in [2.24, 2.45) is 0 Å². The Labute approximate surface area is 199 Å². The lowest BCUT2D eigenvalue weighted by atomic mass is 10.0. The molecule has 2 aromatic heterocycles. The Morgan fingerprint density at radius 3 is 2.94 bits per heavy atom. The molecule has 1 aliphatic heterocycles. The molecule has 0 saturated carbocycles. The fourth-order valence-corrected chi connectivity index (χ4v) is 4.21. The third-order valence-corrected chi connectivity index (χ3v) is 6.38. The van der Waals surface area contributed by atoms with Gasteiger partial charge in [0.2, 0.25) is 0 Å². The Bertz CT molecular complexity index is 1150. The van der Waals surface area contributed by atoms with Crippen LogP contribution in [-0.2, 0) is 4.74 Å². The fourth-order valence-electron chi connectivity index (χ4n) is 3.50. The van der Waals surface area contributed by atoms with E-state index < -0.39 is 29.9 Å². The van der Waals surface area contributed by atoms with Crippen molar-refractivity contribution >= 4 is 44.7 Å². The van der Waals surface area contributed by atoms with Gasteiger partial charge in [-0.3, -0.25) is 4.79 Å². The van der Waals surface area contributed by atoms with Crippen molar-refractivity contribution in [3.63, 3.8) is 0 Å². The quantitative estimate of drug-likeness (QED) is 0.379.